The summed E-state index contributed by atoms with van der Waals surface area (Å²) < 4.78 is 53.3. The van der Waals surface area contributed by atoms with Gasteiger partial charge in [-0.25, -0.2) is 4.39 Å². The topological polar surface area (TPSA) is 32.3 Å². The second-order valence-corrected chi connectivity index (χ2v) is 6.84. The van der Waals surface area contributed by atoms with E-state index < -0.39 is 23.3 Å². The quantitative estimate of drug-likeness (QED) is 0.684. The van der Waals surface area contributed by atoms with Crippen molar-refractivity contribution in [1.29, 1.82) is 0 Å². The third-order valence-corrected chi connectivity index (χ3v) is 4.64. The van der Waals surface area contributed by atoms with Gasteiger partial charge in [0.1, 0.15) is 5.82 Å². The van der Waals surface area contributed by atoms with Crippen LogP contribution in [0.1, 0.15) is 24.0 Å². The lowest BCUT2D eigenvalue weighted by molar-refractivity contribution is -0.137. The molecule has 1 aliphatic carbocycles. The first-order valence-electron chi connectivity index (χ1n) is 8.38. The zero-order valence-electron chi connectivity index (χ0n) is 14.2. The van der Waals surface area contributed by atoms with Gasteiger partial charge in [0.2, 0.25) is 5.91 Å². The lowest BCUT2D eigenvalue weighted by atomic mass is 10.1. The first-order valence-corrected chi connectivity index (χ1v) is 8.76. The Labute approximate surface area is 158 Å². The summed E-state index contributed by atoms with van der Waals surface area (Å²) in [6, 6.07) is 9.66. The van der Waals surface area contributed by atoms with Crippen molar-refractivity contribution in [3.05, 3.63) is 64.4 Å². The van der Waals surface area contributed by atoms with Crippen molar-refractivity contribution in [3.63, 3.8) is 0 Å². The maximum atomic E-state index is 13.9. The van der Waals surface area contributed by atoms with E-state index in [0.717, 1.165) is 18.9 Å². The van der Waals surface area contributed by atoms with Gasteiger partial charge < -0.3 is 5.32 Å². The fourth-order valence-electron chi connectivity index (χ4n) is 2.85. The van der Waals surface area contributed by atoms with Gasteiger partial charge in [0.25, 0.3) is 0 Å². The van der Waals surface area contributed by atoms with E-state index in [2.05, 4.69) is 5.32 Å². The normalized spacial score (nSPS) is 14.4. The zero-order valence-corrected chi connectivity index (χ0v) is 14.9. The van der Waals surface area contributed by atoms with Crippen LogP contribution in [0.4, 0.5) is 23.2 Å². The molecule has 8 heteroatoms. The Balaban J connectivity index is 1.74. The van der Waals surface area contributed by atoms with E-state index in [1.54, 1.807) is 23.1 Å². The average molecular weight is 401 g/mol. The minimum Gasteiger partial charge on any atom is -0.323 e. The molecule has 144 valence electrons. The van der Waals surface area contributed by atoms with Gasteiger partial charge in [0.05, 0.1) is 22.8 Å². The van der Waals surface area contributed by atoms with Crippen LogP contribution < -0.4 is 5.32 Å². The third-order valence-electron chi connectivity index (χ3n) is 4.32. The summed E-state index contributed by atoms with van der Waals surface area (Å²) >= 11 is 5.86. The van der Waals surface area contributed by atoms with E-state index in [-0.39, 0.29) is 30.0 Å². The monoisotopic (exact) mass is 400 g/mol. The van der Waals surface area contributed by atoms with Crippen LogP contribution in [0, 0.1) is 5.82 Å². The zero-order chi connectivity index (χ0) is 19.6. The molecule has 3 rings (SSSR count). The smallest absolute Gasteiger partial charge is 0.323 e. The van der Waals surface area contributed by atoms with E-state index >= 15 is 0 Å². The standard InChI is InChI=1S/C19H17ClF4N2O/c20-15-6-3-5-14(19(22,23)24)18(15)25-17(27)11-26(13-8-9-13)10-12-4-1-2-7-16(12)21/h1-7,13H,8-11H2,(H,25,27). The number of alkyl halides is 3. The lowest BCUT2D eigenvalue weighted by Crippen LogP contribution is -2.35. The maximum absolute atomic E-state index is 13.9. The molecule has 0 aromatic heterocycles. The average Bonchev–Trinajstić information content (AvgIpc) is 3.42. The van der Waals surface area contributed by atoms with Crippen molar-refractivity contribution in [3.8, 4) is 0 Å². The lowest BCUT2D eigenvalue weighted by Gasteiger charge is -2.22. The molecule has 1 saturated carbocycles. The van der Waals surface area contributed by atoms with E-state index in [1.807, 2.05) is 0 Å². The summed E-state index contributed by atoms with van der Waals surface area (Å²) in [4.78, 5) is 14.2. The Kier molecular flexibility index (Phi) is 5.72. The van der Waals surface area contributed by atoms with Crippen LogP contribution in [0.15, 0.2) is 42.5 Å². The summed E-state index contributed by atoms with van der Waals surface area (Å²) in [6.45, 7) is 0.0565. The highest BCUT2D eigenvalue weighted by Gasteiger charge is 2.35. The van der Waals surface area contributed by atoms with Crippen LogP contribution in [-0.2, 0) is 17.5 Å². The van der Waals surface area contributed by atoms with Gasteiger partial charge in [0.15, 0.2) is 0 Å². The van der Waals surface area contributed by atoms with Crippen molar-refractivity contribution in [1.82, 2.24) is 4.90 Å². The second-order valence-electron chi connectivity index (χ2n) is 6.44. The molecule has 0 aliphatic heterocycles. The molecule has 0 atom stereocenters. The fourth-order valence-corrected chi connectivity index (χ4v) is 3.07. The van der Waals surface area contributed by atoms with Gasteiger partial charge in [-0.05, 0) is 31.0 Å². The first-order chi connectivity index (χ1) is 12.8. The maximum Gasteiger partial charge on any atom is 0.418 e. The van der Waals surface area contributed by atoms with Gasteiger partial charge in [-0.15, -0.1) is 0 Å². The molecule has 0 heterocycles. The summed E-state index contributed by atoms with van der Waals surface area (Å²) in [5.74, 6) is -1.01. The molecule has 2 aromatic carbocycles. The molecule has 0 saturated heterocycles. The van der Waals surface area contributed by atoms with Gasteiger partial charge >= 0.3 is 6.18 Å². The van der Waals surface area contributed by atoms with Crippen LogP contribution in [0.5, 0.6) is 0 Å². The van der Waals surface area contributed by atoms with E-state index in [4.69, 9.17) is 11.6 Å². The number of para-hydroxylation sites is 1. The molecule has 0 unspecified atom stereocenters. The molecule has 0 bridgehead atoms. The van der Waals surface area contributed by atoms with Crippen molar-refractivity contribution in [2.45, 2.75) is 31.6 Å². The number of amides is 1. The van der Waals surface area contributed by atoms with E-state index in [0.29, 0.717) is 5.56 Å². The molecule has 3 nitrogen and oxygen atoms in total. The third kappa shape index (κ3) is 4.99. The molecule has 0 spiro atoms. The Morgan fingerprint density at radius 1 is 1.15 bits per heavy atom. The molecular formula is C19H17ClF4N2O. The Morgan fingerprint density at radius 3 is 2.48 bits per heavy atom. The van der Waals surface area contributed by atoms with Gasteiger partial charge in [-0.3, -0.25) is 9.69 Å². The Hall–Kier alpha value is -2.12. The van der Waals surface area contributed by atoms with Crippen molar-refractivity contribution in [2.24, 2.45) is 0 Å². The number of carbonyl (C=O) groups is 1. The van der Waals surface area contributed by atoms with Crippen LogP contribution in [0.2, 0.25) is 5.02 Å². The molecule has 27 heavy (non-hydrogen) atoms. The van der Waals surface area contributed by atoms with Gasteiger partial charge in [0, 0.05) is 18.2 Å². The van der Waals surface area contributed by atoms with E-state index in [9.17, 15) is 22.4 Å². The van der Waals surface area contributed by atoms with Crippen molar-refractivity contribution in [2.75, 3.05) is 11.9 Å². The number of nitrogens with zero attached hydrogens (tertiary/aromatic N) is 1. The van der Waals surface area contributed by atoms with Gasteiger partial charge in [-0.2, -0.15) is 13.2 Å². The summed E-state index contributed by atoms with van der Waals surface area (Å²) in [5.41, 5.74) is -1.03. The Bertz CT molecular complexity index is 837. The fraction of sp³-hybridized carbons (Fsp3) is 0.316. The largest absolute Gasteiger partial charge is 0.418 e. The van der Waals surface area contributed by atoms with Crippen LogP contribution >= 0.6 is 11.6 Å². The van der Waals surface area contributed by atoms with Crippen LogP contribution in [0.3, 0.4) is 0 Å². The number of hydrogen-bond acceptors (Lipinski definition) is 2. The number of benzene rings is 2. The molecule has 1 fully saturated rings. The number of hydrogen-bond donors (Lipinski definition) is 1. The molecular weight excluding hydrogens is 384 g/mol. The predicted octanol–water partition coefficient (Wildman–Crippen LogP) is 5.10. The number of rotatable bonds is 6. The van der Waals surface area contributed by atoms with Crippen LogP contribution in [0.25, 0.3) is 0 Å². The highest BCUT2D eigenvalue weighted by molar-refractivity contribution is 6.34. The number of halogens is 5. The SMILES string of the molecule is O=C(CN(Cc1ccccc1F)C1CC1)Nc1c(Cl)cccc1C(F)(F)F. The highest BCUT2D eigenvalue weighted by Crippen LogP contribution is 2.38. The summed E-state index contributed by atoms with van der Waals surface area (Å²) in [5, 5.41) is 2.08. The van der Waals surface area contributed by atoms with Crippen molar-refractivity contribution >= 4 is 23.2 Å². The second kappa shape index (κ2) is 7.86. The number of carbonyl (C=O) groups excluding carboxylic acids is 1. The Morgan fingerprint density at radius 2 is 1.85 bits per heavy atom. The molecule has 1 N–H and O–H groups in total. The minimum atomic E-state index is -4.64. The molecule has 0 radical (unpaired) electrons. The minimum absolute atomic E-state index is 0.115. The van der Waals surface area contributed by atoms with Gasteiger partial charge in [-0.1, -0.05) is 35.9 Å². The number of anilines is 1. The highest BCUT2D eigenvalue weighted by atomic mass is 35.5. The predicted molar refractivity (Wildman–Crippen MR) is 94.9 cm³/mol. The van der Waals surface area contributed by atoms with Crippen molar-refractivity contribution < 1.29 is 22.4 Å². The number of nitrogens with one attached hydrogen (secondary N) is 1. The molecule has 1 amide bonds. The van der Waals surface area contributed by atoms with Crippen LogP contribution in [-0.4, -0.2) is 23.4 Å². The summed E-state index contributed by atoms with van der Waals surface area (Å²) in [7, 11) is 0. The first kappa shape index (κ1) is 19.6. The van der Waals surface area contributed by atoms with E-state index in [1.165, 1.54) is 18.2 Å². The molecule has 1 aliphatic rings. The summed E-state index contributed by atoms with van der Waals surface area (Å²) in [6.07, 6.45) is -2.92. The molecule has 2 aromatic rings.